The van der Waals surface area contributed by atoms with Crippen molar-refractivity contribution in [3.63, 3.8) is 0 Å². The van der Waals surface area contributed by atoms with Crippen LogP contribution in [0, 0.1) is 25.2 Å². The van der Waals surface area contributed by atoms with Crippen molar-refractivity contribution in [1.82, 2.24) is 19.8 Å². The molecule has 0 saturated carbocycles. The molecular formula is C35H45N5O6S. The molecule has 0 radical (unpaired) electrons. The largest absolute Gasteiger partial charge is 0.475 e. The maximum Gasteiger partial charge on any atom is 0.264 e. The highest BCUT2D eigenvalue weighted by molar-refractivity contribution is 7.92. The van der Waals surface area contributed by atoms with Crippen molar-refractivity contribution in [2.24, 2.45) is 11.3 Å². The molecule has 47 heavy (non-hydrogen) atoms. The molecule has 4 bridgehead atoms. The normalized spacial score (nSPS) is 20.0. The highest BCUT2D eigenvalue weighted by Crippen LogP contribution is 2.31. The van der Waals surface area contributed by atoms with Gasteiger partial charge in [0.1, 0.15) is 13.2 Å². The van der Waals surface area contributed by atoms with E-state index in [4.69, 9.17) is 9.47 Å². The van der Waals surface area contributed by atoms with E-state index >= 15 is 0 Å². The van der Waals surface area contributed by atoms with Crippen molar-refractivity contribution < 1.29 is 27.5 Å². The van der Waals surface area contributed by atoms with Gasteiger partial charge >= 0.3 is 0 Å². The average molecular weight is 664 g/mol. The van der Waals surface area contributed by atoms with Gasteiger partial charge in [0.2, 0.25) is 17.7 Å². The van der Waals surface area contributed by atoms with E-state index in [0.29, 0.717) is 31.9 Å². The lowest BCUT2D eigenvalue weighted by molar-refractivity contribution is -0.143. The zero-order valence-corrected chi connectivity index (χ0v) is 29.1. The predicted octanol–water partition coefficient (Wildman–Crippen LogP) is 5.08. The summed E-state index contributed by atoms with van der Waals surface area (Å²) in [5.74, 6) is -0.507. The zero-order valence-electron chi connectivity index (χ0n) is 28.2. The van der Waals surface area contributed by atoms with Gasteiger partial charge in [0.05, 0.1) is 35.9 Å². The number of morpholine rings is 1. The number of benzene rings is 2. The Kier molecular flexibility index (Phi) is 9.93. The Morgan fingerprint density at radius 1 is 1.04 bits per heavy atom. The summed E-state index contributed by atoms with van der Waals surface area (Å²) >= 11 is 0. The number of carbonyl (C=O) groups excluding carboxylic acids is 2. The van der Waals surface area contributed by atoms with Crippen LogP contribution in [-0.2, 0) is 19.6 Å². The molecule has 1 N–H and O–H groups in total. The number of nitrogens with one attached hydrogen (secondary N) is 1. The fraction of sp³-hybridized carbons (Fsp3) is 0.486. The lowest BCUT2D eigenvalue weighted by atomic mass is 9.87. The molecule has 1 unspecified atom stereocenters. The summed E-state index contributed by atoms with van der Waals surface area (Å²) in [6.45, 7) is 15.3. The molecule has 2 aliphatic rings. The molecule has 0 spiro atoms. The number of hydrogen-bond donors (Lipinski definition) is 1. The molecular weight excluding hydrogens is 618 g/mol. The van der Waals surface area contributed by atoms with E-state index in [1.165, 1.54) is 23.1 Å². The highest BCUT2D eigenvalue weighted by atomic mass is 32.2. The summed E-state index contributed by atoms with van der Waals surface area (Å²) in [6, 6.07) is 12.7. The van der Waals surface area contributed by atoms with Gasteiger partial charge in [0.15, 0.2) is 0 Å². The Bertz CT molecular complexity index is 1730. The fourth-order valence-corrected chi connectivity index (χ4v) is 7.26. The summed E-state index contributed by atoms with van der Waals surface area (Å²) in [5, 5.41) is 0. The maximum absolute atomic E-state index is 14.4. The van der Waals surface area contributed by atoms with Crippen molar-refractivity contribution in [2.45, 2.75) is 71.9 Å². The fourth-order valence-electron chi connectivity index (χ4n) is 6.27. The molecule has 3 aromatic rings. The van der Waals surface area contributed by atoms with E-state index in [-0.39, 0.29) is 58.7 Å². The van der Waals surface area contributed by atoms with Crippen LogP contribution in [0.15, 0.2) is 53.4 Å². The molecule has 252 valence electrons. The SMILES string of the molecule is Cc1cccc(C)c1-c1cc2nc(n1)NS(=O)(=O)c1cccc(c1)C(=O)N(CC(=O)N1CCOCC1C(C)C)[C@H](CC(C)(C)C)CO2. The lowest BCUT2D eigenvalue weighted by Crippen LogP contribution is -2.56. The van der Waals surface area contributed by atoms with Crippen LogP contribution in [0.25, 0.3) is 11.3 Å². The topological polar surface area (TPSA) is 131 Å². The number of nitrogens with zero attached hydrogens (tertiary/aromatic N) is 4. The van der Waals surface area contributed by atoms with Crippen LogP contribution in [-0.4, -0.2) is 85.0 Å². The third-order valence-electron chi connectivity index (χ3n) is 8.59. The van der Waals surface area contributed by atoms with Gasteiger partial charge in [-0.25, -0.2) is 18.1 Å². The van der Waals surface area contributed by atoms with Crippen LogP contribution >= 0.6 is 0 Å². The van der Waals surface area contributed by atoms with Crippen LogP contribution < -0.4 is 9.46 Å². The van der Waals surface area contributed by atoms with Crippen LogP contribution in [0.4, 0.5) is 5.95 Å². The van der Waals surface area contributed by atoms with Crippen molar-refractivity contribution in [3.05, 3.63) is 65.2 Å². The van der Waals surface area contributed by atoms with Crippen molar-refractivity contribution in [2.75, 3.05) is 37.6 Å². The van der Waals surface area contributed by atoms with Crippen LogP contribution in [0.2, 0.25) is 0 Å². The Morgan fingerprint density at radius 3 is 2.43 bits per heavy atom. The Morgan fingerprint density at radius 2 is 1.74 bits per heavy atom. The van der Waals surface area contributed by atoms with E-state index in [2.05, 4.69) is 35.5 Å². The van der Waals surface area contributed by atoms with Gasteiger partial charge in [-0.2, -0.15) is 4.98 Å². The third kappa shape index (κ3) is 7.93. The smallest absolute Gasteiger partial charge is 0.264 e. The van der Waals surface area contributed by atoms with Gasteiger partial charge in [-0.05, 0) is 60.9 Å². The molecule has 3 heterocycles. The molecule has 1 fully saturated rings. The number of amides is 2. The van der Waals surface area contributed by atoms with Crippen molar-refractivity contribution >= 4 is 27.8 Å². The van der Waals surface area contributed by atoms with Gasteiger partial charge in [-0.15, -0.1) is 0 Å². The number of hydrogen-bond acceptors (Lipinski definition) is 8. The Balaban J connectivity index is 1.63. The predicted molar refractivity (Wildman–Crippen MR) is 180 cm³/mol. The monoisotopic (exact) mass is 663 g/mol. The molecule has 2 aromatic carbocycles. The molecule has 5 rings (SSSR count). The minimum atomic E-state index is -4.21. The highest BCUT2D eigenvalue weighted by Gasteiger charge is 2.36. The van der Waals surface area contributed by atoms with E-state index in [0.717, 1.165) is 16.7 Å². The Hall–Kier alpha value is -4.03. The van der Waals surface area contributed by atoms with E-state index in [9.17, 15) is 18.0 Å². The first kappa shape index (κ1) is 34.3. The molecule has 12 heteroatoms. The van der Waals surface area contributed by atoms with E-state index in [1.54, 1.807) is 17.0 Å². The summed E-state index contributed by atoms with van der Waals surface area (Å²) in [6.07, 6.45) is 0.501. The second kappa shape index (κ2) is 13.6. The lowest BCUT2D eigenvalue weighted by Gasteiger charge is -2.41. The first-order valence-corrected chi connectivity index (χ1v) is 17.5. The molecule has 1 aromatic heterocycles. The van der Waals surface area contributed by atoms with Crippen molar-refractivity contribution in [1.29, 1.82) is 0 Å². The quantitative estimate of drug-likeness (QED) is 0.400. The second-order valence-electron chi connectivity index (χ2n) is 14.0. The van der Waals surface area contributed by atoms with Crippen LogP contribution in [0.3, 0.4) is 0 Å². The van der Waals surface area contributed by atoms with Gasteiger partial charge in [-0.3, -0.25) is 9.59 Å². The number of rotatable bonds is 5. The molecule has 1 saturated heterocycles. The first-order chi connectivity index (χ1) is 22.1. The van der Waals surface area contributed by atoms with Gasteiger partial charge in [0.25, 0.3) is 15.9 Å². The molecule has 0 aliphatic carbocycles. The van der Waals surface area contributed by atoms with E-state index < -0.39 is 22.0 Å². The number of fused-ring (bicyclic) bond motifs is 4. The van der Waals surface area contributed by atoms with Gasteiger partial charge < -0.3 is 19.3 Å². The summed E-state index contributed by atoms with van der Waals surface area (Å²) < 4.78 is 41.8. The van der Waals surface area contributed by atoms with Gasteiger partial charge in [-0.1, -0.05) is 58.9 Å². The molecule has 2 atom stereocenters. The standard InChI is InChI=1S/C35H45N5O6S/c1-22(2)29-21-45-15-14-39(29)31(41)19-40-26(18-35(5,6)7)20-46-30-17-28(32-23(3)10-8-11-24(32)4)36-34(37-30)38-47(43,44)27-13-9-12-25(16-27)33(40)42/h8-13,16-17,22,26,29H,14-15,18-21H2,1-7H3,(H,36,37,38)/t26-,29?/m1/s1. The summed E-state index contributed by atoms with van der Waals surface area (Å²) in [7, 11) is -4.21. The molecule has 2 amide bonds. The number of anilines is 1. The minimum absolute atomic E-state index is 0.0160. The Labute approximate surface area is 277 Å². The number of aromatic nitrogens is 2. The van der Waals surface area contributed by atoms with Crippen molar-refractivity contribution in [3.8, 4) is 17.1 Å². The minimum Gasteiger partial charge on any atom is -0.475 e. The number of ether oxygens (including phenoxy) is 2. The molecule has 2 aliphatic heterocycles. The molecule has 11 nitrogen and oxygen atoms in total. The number of carbonyl (C=O) groups is 2. The van der Waals surface area contributed by atoms with Crippen LogP contribution in [0.1, 0.15) is 62.5 Å². The van der Waals surface area contributed by atoms with Gasteiger partial charge in [0, 0.05) is 23.7 Å². The summed E-state index contributed by atoms with van der Waals surface area (Å²) in [4.78, 5) is 40.6. The van der Waals surface area contributed by atoms with Crippen LogP contribution in [0.5, 0.6) is 5.88 Å². The first-order valence-electron chi connectivity index (χ1n) is 16.0. The number of aryl methyl sites for hydroxylation is 2. The third-order valence-corrected chi connectivity index (χ3v) is 9.92. The average Bonchev–Trinajstić information content (AvgIpc) is 3.00. The number of sulfonamides is 1. The zero-order chi connectivity index (χ0) is 34.1. The van der Waals surface area contributed by atoms with E-state index in [1.807, 2.05) is 45.9 Å². The summed E-state index contributed by atoms with van der Waals surface area (Å²) in [5.41, 5.74) is 3.14. The second-order valence-corrected chi connectivity index (χ2v) is 15.6. The maximum atomic E-state index is 14.4.